The van der Waals surface area contributed by atoms with Crippen molar-refractivity contribution >= 4 is 28.5 Å². The number of fused-ring (bicyclic) bond motifs is 1. The highest BCUT2D eigenvalue weighted by atomic mass is 16.5. The lowest BCUT2D eigenvalue weighted by Gasteiger charge is -2.15. The maximum Gasteiger partial charge on any atom is 0.279 e. The molecule has 4 aromatic rings. The molecule has 172 valence electrons. The number of hydrogen-bond donors (Lipinski definition) is 3. The van der Waals surface area contributed by atoms with Crippen molar-refractivity contribution in [3.05, 3.63) is 102 Å². The van der Waals surface area contributed by atoms with Gasteiger partial charge < -0.3 is 9.72 Å². The van der Waals surface area contributed by atoms with Gasteiger partial charge in [-0.1, -0.05) is 48.5 Å². The molecule has 0 saturated carbocycles. The number of benzene rings is 3. The zero-order valence-electron chi connectivity index (χ0n) is 18.7. The first-order valence-corrected chi connectivity index (χ1v) is 11.0. The molecular weight excluding hydrogens is 430 g/mol. The molecule has 2 amide bonds. The van der Waals surface area contributed by atoms with Crippen molar-refractivity contribution in [3.8, 4) is 5.75 Å². The molecule has 0 bridgehead atoms. The molecule has 7 nitrogen and oxygen atoms in total. The van der Waals surface area contributed by atoms with Crippen molar-refractivity contribution in [3.63, 3.8) is 0 Å². The van der Waals surface area contributed by atoms with Gasteiger partial charge in [0.25, 0.3) is 5.91 Å². The van der Waals surface area contributed by atoms with E-state index in [-0.39, 0.29) is 18.1 Å². The molecule has 7 heteroatoms. The first-order valence-electron chi connectivity index (χ1n) is 11.0. The van der Waals surface area contributed by atoms with Crippen LogP contribution in [-0.4, -0.2) is 28.7 Å². The van der Waals surface area contributed by atoms with Crippen LogP contribution in [-0.2, 0) is 16.0 Å². The summed E-state index contributed by atoms with van der Waals surface area (Å²) in [5, 5.41) is 1.08. The average Bonchev–Trinajstić information content (AvgIpc) is 3.29. The number of aryl methyl sites for hydroxylation is 1. The fraction of sp³-hybridized carbons (Fsp3) is 0.148. The van der Waals surface area contributed by atoms with Crippen LogP contribution in [0.25, 0.3) is 10.9 Å². The minimum absolute atomic E-state index is 0.0895. The quantitative estimate of drug-likeness (QED) is 0.277. The Labute approximate surface area is 197 Å². The van der Waals surface area contributed by atoms with Gasteiger partial charge in [-0.05, 0) is 49.2 Å². The summed E-state index contributed by atoms with van der Waals surface area (Å²) >= 11 is 0. The molecule has 1 atom stereocenters. The van der Waals surface area contributed by atoms with E-state index in [1.807, 2.05) is 48.7 Å². The molecule has 0 radical (unpaired) electrons. The Morgan fingerprint density at radius 3 is 2.29 bits per heavy atom. The van der Waals surface area contributed by atoms with Gasteiger partial charge in [0.05, 0.1) is 0 Å². The van der Waals surface area contributed by atoms with Crippen molar-refractivity contribution in [1.82, 2.24) is 15.8 Å². The lowest BCUT2D eigenvalue weighted by molar-refractivity contribution is -0.132. The number of aromatic amines is 1. The van der Waals surface area contributed by atoms with Crippen molar-refractivity contribution in [1.29, 1.82) is 0 Å². The third kappa shape index (κ3) is 5.50. The highest BCUT2D eigenvalue weighted by molar-refractivity contribution is 6.09. The number of carbonyl (C=O) groups excluding carboxylic acids is 3. The topological polar surface area (TPSA) is 100 Å². The lowest BCUT2D eigenvalue weighted by atomic mass is 10.0. The Morgan fingerprint density at radius 2 is 1.53 bits per heavy atom. The van der Waals surface area contributed by atoms with E-state index in [0.717, 1.165) is 16.5 Å². The van der Waals surface area contributed by atoms with Crippen LogP contribution >= 0.6 is 0 Å². The molecule has 34 heavy (non-hydrogen) atoms. The van der Waals surface area contributed by atoms with Gasteiger partial charge in [0.1, 0.15) is 5.75 Å². The van der Waals surface area contributed by atoms with E-state index in [9.17, 15) is 14.4 Å². The fourth-order valence-corrected chi connectivity index (χ4v) is 3.58. The highest BCUT2D eigenvalue weighted by Crippen LogP contribution is 2.19. The standard InChI is InChI=1S/C27H25N3O4/c1-18(34-22-14-11-20(12-15-22)26(32)19-7-3-2-4-8-19)27(33)30-29-25(31)16-13-21-17-28-24-10-6-5-9-23(21)24/h2-12,14-15,17-18,28H,13,16H2,1H3,(H,29,31)(H,30,33). The number of nitrogens with one attached hydrogen (secondary N) is 3. The fourth-order valence-electron chi connectivity index (χ4n) is 3.58. The van der Waals surface area contributed by atoms with Gasteiger partial charge >= 0.3 is 0 Å². The number of hydrazine groups is 1. The average molecular weight is 456 g/mol. The van der Waals surface area contributed by atoms with E-state index in [4.69, 9.17) is 4.74 Å². The van der Waals surface area contributed by atoms with Crippen LogP contribution in [0.3, 0.4) is 0 Å². The number of ether oxygens (including phenoxy) is 1. The van der Waals surface area contributed by atoms with Crippen molar-refractivity contribution in [2.24, 2.45) is 0 Å². The minimum Gasteiger partial charge on any atom is -0.481 e. The molecule has 3 N–H and O–H groups in total. The van der Waals surface area contributed by atoms with Crippen molar-refractivity contribution in [2.45, 2.75) is 25.9 Å². The molecule has 3 aromatic carbocycles. The normalized spacial score (nSPS) is 11.6. The second-order valence-corrected chi connectivity index (χ2v) is 7.88. The largest absolute Gasteiger partial charge is 0.481 e. The van der Waals surface area contributed by atoms with Gasteiger partial charge in [0, 0.05) is 34.6 Å². The van der Waals surface area contributed by atoms with Crippen molar-refractivity contribution < 1.29 is 19.1 Å². The van der Waals surface area contributed by atoms with E-state index in [0.29, 0.717) is 23.3 Å². The van der Waals surface area contributed by atoms with Crippen LogP contribution in [0.2, 0.25) is 0 Å². The van der Waals surface area contributed by atoms with Crippen molar-refractivity contribution in [2.75, 3.05) is 0 Å². The number of ketones is 1. The lowest BCUT2D eigenvalue weighted by Crippen LogP contribution is -2.47. The predicted molar refractivity (Wildman–Crippen MR) is 129 cm³/mol. The van der Waals surface area contributed by atoms with E-state index < -0.39 is 12.0 Å². The molecule has 4 rings (SSSR count). The van der Waals surface area contributed by atoms with Gasteiger partial charge in [-0.25, -0.2) is 0 Å². The molecule has 0 aliphatic rings. The molecule has 0 aliphatic heterocycles. The van der Waals surface area contributed by atoms with Crippen LogP contribution in [0.1, 0.15) is 34.8 Å². The molecule has 1 aromatic heterocycles. The Kier molecular flexibility index (Phi) is 7.03. The molecular formula is C27H25N3O4. The maximum atomic E-state index is 12.5. The zero-order valence-corrected chi connectivity index (χ0v) is 18.7. The van der Waals surface area contributed by atoms with Gasteiger partial charge in [-0.3, -0.25) is 25.2 Å². The Balaban J connectivity index is 1.23. The van der Waals surface area contributed by atoms with E-state index in [2.05, 4.69) is 15.8 Å². The second-order valence-electron chi connectivity index (χ2n) is 7.88. The highest BCUT2D eigenvalue weighted by Gasteiger charge is 2.16. The van der Waals surface area contributed by atoms with Crippen LogP contribution in [0.5, 0.6) is 5.75 Å². The smallest absolute Gasteiger partial charge is 0.279 e. The van der Waals surface area contributed by atoms with Crippen LogP contribution in [0.15, 0.2) is 85.1 Å². The Morgan fingerprint density at radius 1 is 0.853 bits per heavy atom. The second kappa shape index (κ2) is 10.5. The SMILES string of the molecule is CC(Oc1ccc(C(=O)c2ccccc2)cc1)C(=O)NNC(=O)CCc1c[nH]c2ccccc12. The van der Waals surface area contributed by atoms with E-state index in [1.165, 1.54) is 0 Å². The minimum atomic E-state index is -0.843. The van der Waals surface area contributed by atoms with Crippen LogP contribution in [0.4, 0.5) is 0 Å². The summed E-state index contributed by atoms with van der Waals surface area (Å²) in [5.41, 5.74) is 8.02. The number of rotatable bonds is 8. The van der Waals surface area contributed by atoms with Crippen LogP contribution in [0, 0.1) is 0 Å². The summed E-state index contributed by atoms with van der Waals surface area (Å²) in [7, 11) is 0. The monoisotopic (exact) mass is 455 g/mol. The van der Waals surface area contributed by atoms with Gasteiger partial charge in [0.2, 0.25) is 5.91 Å². The first-order chi connectivity index (χ1) is 16.5. The third-order valence-corrected chi connectivity index (χ3v) is 5.46. The summed E-state index contributed by atoms with van der Waals surface area (Å²) in [5.74, 6) is -0.425. The van der Waals surface area contributed by atoms with Gasteiger partial charge in [-0.2, -0.15) is 0 Å². The predicted octanol–water partition coefficient (Wildman–Crippen LogP) is 3.95. The maximum absolute atomic E-state index is 12.5. The summed E-state index contributed by atoms with van der Waals surface area (Å²) in [6.45, 7) is 1.58. The summed E-state index contributed by atoms with van der Waals surface area (Å²) in [6.07, 6.45) is 1.83. The Hall–Kier alpha value is -4.39. The molecule has 0 saturated heterocycles. The van der Waals surface area contributed by atoms with Gasteiger partial charge in [0.15, 0.2) is 11.9 Å². The molecule has 1 unspecified atom stereocenters. The van der Waals surface area contributed by atoms with E-state index in [1.54, 1.807) is 43.3 Å². The number of aromatic nitrogens is 1. The Bertz CT molecular complexity index is 1300. The molecule has 0 spiro atoms. The summed E-state index contributed by atoms with van der Waals surface area (Å²) < 4.78 is 5.64. The summed E-state index contributed by atoms with van der Waals surface area (Å²) in [6, 6.07) is 23.5. The number of carbonyl (C=O) groups is 3. The number of para-hydroxylation sites is 1. The van der Waals surface area contributed by atoms with E-state index >= 15 is 0 Å². The first kappa shape index (κ1) is 22.8. The van der Waals surface area contributed by atoms with Gasteiger partial charge in [-0.15, -0.1) is 0 Å². The molecule has 0 aliphatic carbocycles. The zero-order chi connectivity index (χ0) is 23.9. The number of H-pyrrole nitrogens is 1. The molecule has 1 heterocycles. The number of amides is 2. The summed E-state index contributed by atoms with van der Waals surface area (Å²) in [4.78, 5) is 40.1. The number of hydrogen-bond acceptors (Lipinski definition) is 4. The molecule has 0 fully saturated rings. The third-order valence-electron chi connectivity index (χ3n) is 5.46. The van der Waals surface area contributed by atoms with Crippen LogP contribution < -0.4 is 15.6 Å².